The van der Waals surface area contributed by atoms with Crippen molar-refractivity contribution in [3.05, 3.63) is 22.3 Å². The van der Waals surface area contributed by atoms with Crippen LogP contribution >= 0.6 is 15.9 Å². The van der Waals surface area contributed by atoms with Gasteiger partial charge < -0.3 is 10.0 Å². The minimum atomic E-state index is -0.923. The van der Waals surface area contributed by atoms with Gasteiger partial charge in [0.2, 0.25) is 0 Å². The Kier molecular flexibility index (Phi) is 3.45. The number of hydrogen-bond acceptors (Lipinski definition) is 4. The number of carboxylic acid groups (broad SMARTS) is 1. The van der Waals surface area contributed by atoms with E-state index >= 15 is 0 Å². The zero-order valence-electron chi connectivity index (χ0n) is 10.5. The molecule has 102 valence electrons. The molecule has 1 saturated heterocycles. The second-order valence-corrected chi connectivity index (χ2v) is 6.00. The Labute approximate surface area is 120 Å². The van der Waals surface area contributed by atoms with E-state index in [-0.39, 0.29) is 5.56 Å². The number of halogens is 1. The molecule has 1 saturated carbocycles. The summed E-state index contributed by atoms with van der Waals surface area (Å²) < 4.78 is 0.699. The lowest BCUT2D eigenvalue weighted by molar-refractivity contribution is 0.0697. The SMILES string of the molecule is O=C(O)c1cc(Br)cnc1N1CCN(C2CC2)CC1. The van der Waals surface area contributed by atoms with Crippen molar-refractivity contribution < 1.29 is 9.90 Å². The molecule has 2 aliphatic rings. The fourth-order valence-electron chi connectivity index (χ4n) is 2.58. The highest BCUT2D eigenvalue weighted by Gasteiger charge is 2.32. The van der Waals surface area contributed by atoms with Crippen molar-refractivity contribution in [2.24, 2.45) is 0 Å². The van der Waals surface area contributed by atoms with Crippen molar-refractivity contribution in [3.63, 3.8) is 0 Å². The van der Waals surface area contributed by atoms with Crippen LogP contribution in [-0.2, 0) is 0 Å². The largest absolute Gasteiger partial charge is 0.478 e. The van der Waals surface area contributed by atoms with E-state index in [0.717, 1.165) is 32.2 Å². The summed E-state index contributed by atoms with van der Waals surface area (Å²) in [7, 11) is 0. The molecule has 1 aromatic rings. The third-order valence-corrected chi connectivity index (χ3v) is 4.17. The van der Waals surface area contributed by atoms with Gasteiger partial charge in [0.05, 0.1) is 0 Å². The van der Waals surface area contributed by atoms with Crippen LogP contribution < -0.4 is 4.90 Å². The molecule has 0 radical (unpaired) electrons. The molecule has 0 bridgehead atoms. The molecular weight excluding hydrogens is 310 g/mol. The van der Waals surface area contributed by atoms with Crippen LogP contribution in [0.3, 0.4) is 0 Å². The highest BCUT2D eigenvalue weighted by molar-refractivity contribution is 9.10. The number of rotatable bonds is 3. The molecule has 0 unspecified atom stereocenters. The number of carboxylic acids is 1. The summed E-state index contributed by atoms with van der Waals surface area (Å²) in [6.07, 6.45) is 4.29. The van der Waals surface area contributed by atoms with Gasteiger partial charge in [0.1, 0.15) is 11.4 Å². The predicted octanol–water partition coefficient (Wildman–Crippen LogP) is 1.83. The van der Waals surface area contributed by atoms with E-state index in [1.54, 1.807) is 12.3 Å². The summed E-state index contributed by atoms with van der Waals surface area (Å²) in [6, 6.07) is 2.40. The van der Waals surface area contributed by atoms with Crippen LogP contribution in [0.2, 0.25) is 0 Å². The van der Waals surface area contributed by atoms with Crippen LogP contribution in [-0.4, -0.2) is 53.2 Å². The summed E-state index contributed by atoms with van der Waals surface area (Å²) in [6.45, 7) is 3.71. The monoisotopic (exact) mass is 325 g/mol. The standard InChI is InChI=1S/C13H16BrN3O2/c14-9-7-11(13(18)19)12(15-8-9)17-5-3-16(4-6-17)10-1-2-10/h7-8,10H,1-6H2,(H,18,19). The maximum Gasteiger partial charge on any atom is 0.339 e. The van der Waals surface area contributed by atoms with Crippen LogP contribution in [0.15, 0.2) is 16.7 Å². The van der Waals surface area contributed by atoms with E-state index in [4.69, 9.17) is 0 Å². The first-order chi connectivity index (χ1) is 9.15. The van der Waals surface area contributed by atoms with Crippen LogP contribution in [0, 0.1) is 0 Å². The predicted molar refractivity (Wildman–Crippen MR) is 75.7 cm³/mol. The Morgan fingerprint density at radius 2 is 2.00 bits per heavy atom. The average Bonchev–Trinajstić information content (AvgIpc) is 3.23. The van der Waals surface area contributed by atoms with Crippen molar-refractivity contribution in [1.29, 1.82) is 0 Å². The molecule has 0 aromatic carbocycles. The Morgan fingerprint density at radius 1 is 1.32 bits per heavy atom. The Morgan fingerprint density at radius 3 is 2.58 bits per heavy atom. The van der Waals surface area contributed by atoms with Gasteiger partial charge in [-0.1, -0.05) is 0 Å². The van der Waals surface area contributed by atoms with Crippen molar-refractivity contribution >= 4 is 27.7 Å². The van der Waals surface area contributed by atoms with E-state index in [2.05, 4.69) is 30.7 Å². The van der Waals surface area contributed by atoms with Gasteiger partial charge in [-0.2, -0.15) is 0 Å². The molecule has 1 aliphatic heterocycles. The van der Waals surface area contributed by atoms with Crippen molar-refractivity contribution in [1.82, 2.24) is 9.88 Å². The van der Waals surface area contributed by atoms with Gasteiger partial charge in [-0.05, 0) is 34.8 Å². The van der Waals surface area contributed by atoms with Crippen LogP contribution in [0.1, 0.15) is 23.2 Å². The van der Waals surface area contributed by atoms with E-state index in [1.165, 1.54) is 12.8 Å². The third-order valence-electron chi connectivity index (χ3n) is 3.74. The number of piperazine rings is 1. The van der Waals surface area contributed by atoms with Gasteiger partial charge in [0.15, 0.2) is 0 Å². The molecule has 0 atom stereocenters. The average molecular weight is 326 g/mol. The number of aromatic carboxylic acids is 1. The van der Waals surface area contributed by atoms with Gasteiger partial charge in [0, 0.05) is 42.9 Å². The second-order valence-electron chi connectivity index (χ2n) is 5.08. The molecule has 2 fully saturated rings. The van der Waals surface area contributed by atoms with Gasteiger partial charge in [-0.3, -0.25) is 4.90 Å². The molecule has 1 N–H and O–H groups in total. The smallest absolute Gasteiger partial charge is 0.339 e. The zero-order valence-corrected chi connectivity index (χ0v) is 12.1. The molecule has 1 aromatic heterocycles. The Balaban J connectivity index is 1.77. The minimum absolute atomic E-state index is 0.272. The van der Waals surface area contributed by atoms with E-state index in [9.17, 15) is 9.90 Å². The number of aromatic nitrogens is 1. The number of anilines is 1. The third kappa shape index (κ3) is 2.74. The maximum absolute atomic E-state index is 11.3. The van der Waals surface area contributed by atoms with Crippen molar-refractivity contribution in [3.8, 4) is 0 Å². The second kappa shape index (κ2) is 5.09. The Hall–Kier alpha value is -1.14. The molecule has 2 heterocycles. The molecule has 1 aliphatic carbocycles. The number of carbonyl (C=O) groups is 1. The topological polar surface area (TPSA) is 56.7 Å². The van der Waals surface area contributed by atoms with Gasteiger partial charge >= 0.3 is 5.97 Å². The normalized spacial score (nSPS) is 20.6. The van der Waals surface area contributed by atoms with Crippen LogP contribution in [0.4, 0.5) is 5.82 Å². The lowest BCUT2D eigenvalue weighted by atomic mass is 10.2. The molecule has 19 heavy (non-hydrogen) atoms. The summed E-state index contributed by atoms with van der Waals surface area (Å²) in [5, 5.41) is 9.27. The van der Waals surface area contributed by atoms with E-state index in [1.807, 2.05) is 0 Å². The van der Waals surface area contributed by atoms with E-state index in [0.29, 0.717) is 10.3 Å². The quantitative estimate of drug-likeness (QED) is 0.918. The Bertz CT molecular complexity index is 497. The summed E-state index contributed by atoms with van der Waals surface area (Å²) in [4.78, 5) is 20.2. The highest BCUT2D eigenvalue weighted by atomic mass is 79.9. The zero-order chi connectivity index (χ0) is 13.4. The summed E-state index contributed by atoms with van der Waals surface area (Å²) >= 11 is 3.27. The van der Waals surface area contributed by atoms with Crippen molar-refractivity contribution in [2.45, 2.75) is 18.9 Å². The number of hydrogen-bond donors (Lipinski definition) is 1. The number of nitrogens with zero attached hydrogens (tertiary/aromatic N) is 3. The molecule has 6 heteroatoms. The number of pyridine rings is 1. The summed E-state index contributed by atoms with van der Waals surface area (Å²) in [5.74, 6) is -0.334. The van der Waals surface area contributed by atoms with Crippen molar-refractivity contribution in [2.75, 3.05) is 31.1 Å². The highest BCUT2D eigenvalue weighted by Crippen LogP contribution is 2.29. The molecule has 0 spiro atoms. The summed E-state index contributed by atoms with van der Waals surface area (Å²) in [5.41, 5.74) is 0.272. The molecule has 3 rings (SSSR count). The first-order valence-electron chi connectivity index (χ1n) is 6.53. The van der Waals surface area contributed by atoms with E-state index < -0.39 is 5.97 Å². The van der Waals surface area contributed by atoms with Crippen LogP contribution in [0.25, 0.3) is 0 Å². The lowest BCUT2D eigenvalue weighted by Gasteiger charge is -2.36. The minimum Gasteiger partial charge on any atom is -0.478 e. The molecule has 5 nitrogen and oxygen atoms in total. The van der Waals surface area contributed by atoms with Gasteiger partial charge in [-0.15, -0.1) is 0 Å². The maximum atomic E-state index is 11.3. The van der Waals surface area contributed by atoms with Gasteiger partial charge in [0.25, 0.3) is 0 Å². The fourth-order valence-corrected chi connectivity index (χ4v) is 2.91. The first-order valence-corrected chi connectivity index (χ1v) is 7.32. The molecular formula is C13H16BrN3O2. The fraction of sp³-hybridized carbons (Fsp3) is 0.538. The van der Waals surface area contributed by atoms with Crippen LogP contribution in [0.5, 0.6) is 0 Å². The molecule has 0 amide bonds. The lowest BCUT2D eigenvalue weighted by Crippen LogP contribution is -2.47. The first kappa shape index (κ1) is 12.9. The van der Waals surface area contributed by atoms with Gasteiger partial charge in [-0.25, -0.2) is 9.78 Å².